The second-order valence-electron chi connectivity index (χ2n) is 8.01. The van der Waals surface area contributed by atoms with Crippen molar-refractivity contribution in [3.05, 3.63) is 24.4 Å². The SMILES string of the molecule is NC1C2CCCC1CC(C(=O)N1CCC(Oc3ccccn3)CC1)C2. The van der Waals surface area contributed by atoms with Crippen LogP contribution in [0.25, 0.3) is 0 Å². The summed E-state index contributed by atoms with van der Waals surface area (Å²) in [5.74, 6) is 2.36. The third-order valence-corrected chi connectivity index (χ3v) is 6.44. The highest BCUT2D eigenvalue weighted by atomic mass is 16.5. The number of amides is 1. The van der Waals surface area contributed by atoms with Crippen LogP contribution in [0.5, 0.6) is 5.88 Å². The normalized spacial score (nSPS) is 33.1. The lowest BCUT2D eigenvalue weighted by Crippen LogP contribution is -2.51. The van der Waals surface area contributed by atoms with E-state index in [0.717, 1.165) is 38.8 Å². The van der Waals surface area contributed by atoms with E-state index in [4.69, 9.17) is 10.5 Å². The maximum atomic E-state index is 13.0. The minimum Gasteiger partial charge on any atom is -0.474 e. The molecular formula is C20H29N3O2. The van der Waals surface area contributed by atoms with E-state index in [0.29, 0.717) is 29.7 Å². The lowest BCUT2D eigenvalue weighted by atomic mass is 9.65. The van der Waals surface area contributed by atoms with Gasteiger partial charge in [-0.25, -0.2) is 4.98 Å². The Morgan fingerprint density at radius 2 is 1.84 bits per heavy atom. The van der Waals surface area contributed by atoms with Crippen LogP contribution in [0.15, 0.2) is 24.4 Å². The monoisotopic (exact) mass is 343 g/mol. The van der Waals surface area contributed by atoms with Crippen LogP contribution in [0, 0.1) is 17.8 Å². The molecule has 3 aliphatic rings. The molecule has 2 aliphatic carbocycles. The number of carbonyl (C=O) groups is 1. The first kappa shape index (κ1) is 16.8. The molecule has 3 fully saturated rings. The number of carbonyl (C=O) groups excluding carboxylic acids is 1. The Balaban J connectivity index is 1.29. The van der Waals surface area contributed by atoms with Gasteiger partial charge >= 0.3 is 0 Å². The molecule has 2 bridgehead atoms. The minimum absolute atomic E-state index is 0.165. The van der Waals surface area contributed by atoms with Gasteiger partial charge in [-0.1, -0.05) is 12.5 Å². The van der Waals surface area contributed by atoms with Gasteiger partial charge in [-0.3, -0.25) is 4.79 Å². The van der Waals surface area contributed by atoms with E-state index in [-0.39, 0.29) is 12.0 Å². The zero-order valence-corrected chi connectivity index (χ0v) is 14.8. The van der Waals surface area contributed by atoms with Crippen molar-refractivity contribution >= 4 is 5.91 Å². The number of hydrogen-bond acceptors (Lipinski definition) is 4. The first-order valence-corrected chi connectivity index (χ1v) is 9.83. The Morgan fingerprint density at radius 3 is 2.48 bits per heavy atom. The van der Waals surface area contributed by atoms with E-state index in [1.807, 2.05) is 18.2 Å². The number of rotatable bonds is 3. The molecule has 4 rings (SSSR count). The summed E-state index contributed by atoms with van der Waals surface area (Å²) >= 11 is 0. The smallest absolute Gasteiger partial charge is 0.225 e. The molecule has 0 aromatic carbocycles. The molecule has 25 heavy (non-hydrogen) atoms. The van der Waals surface area contributed by atoms with Gasteiger partial charge in [0.2, 0.25) is 11.8 Å². The lowest BCUT2D eigenvalue weighted by molar-refractivity contribution is -0.140. The Labute approximate surface area is 149 Å². The van der Waals surface area contributed by atoms with Crippen molar-refractivity contribution in [2.24, 2.45) is 23.5 Å². The van der Waals surface area contributed by atoms with Crippen molar-refractivity contribution in [1.29, 1.82) is 0 Å². The van der Waals surface area contributed by atoms with Crippen molar-refractivity contribution in [3.63, 3.8) is 0 Å². The highest BCUT2D eigenvalue weighted by Gasteiger charge is 2.42. The van der Waals surface area contributed by atoms with Gasteiger partial charge in [0.25, 0.3) is 0 Å². The fourth-order valence-corrected chi connectivity index (χ4v) is 5.03. The molecule has 0 spiro atoms. The van der Waals surface area contributed by atoms with Gasteiger partial charge in [0.1, 0.15) is 6.10 Å². The summed E-state index contributed by atoms with van der Waals surface area (Å²) < 4.78 is 5.94. The lowest BCUT2D eigenvalue weighted by Gasteiger charge is -2.45. The minimum atomic E-state index is 0.165. The number of piperidine rings is 1. The molecule has 1 aromatic rings. The summed E-state index contributed by atoms with van der Waals surface area (Å²) in [6, 6.07) is 6.04. The van der Waals surface area contributed by atoms with Crippen molar-refractivity contribution < 1.29 is 9.53 Å². The average molecular weight is 343 g/mol. The van der Waals surface area contributed by atoms with E-state index in [2.05, 4.69) is 9.88 Å². The van der Waals surface area contributed by atoms with Gasteiger partial charge in [0, 0.05) is 50.2 Å². The highest BCUT2D eigenvalue weighted by Crippen LogP contribution is 2.42. The van der Waals surface area contributed by atoms with E-state index in [1.165, 1.54) is 19.3 Å². The molecule has 0 radical (unpaired) electrons. The number of fused-ring (bicyclic) bond motifs is 2. The summed E-state index contributed by atoms with van der Waals surface area (Å²) in [7, 11) is 0. The second-order valence-corrected chi connectivity index (χ2v) is 8.01. The summed E-state index contributed by atoms with van der Waals surface area (Å²) in [6.07, 6.45) is 9.41. The molecule has 2 atom stereocenters. The number of nitrogens with two attached hydrogens (primary N) is 1. The topological polar surface area (TPSA) is 68.5 Å². The Morgan fingerprint density at radius 1 is 1.12 bits per heavy atom. The third kappa shape index (κ3) is 3.66. The molecule has 5 heteroatoms. The number of ether oxygens (including phenoxy) is 1. The van der Waals surface area contributed by atoms with Crippen LogP contribution in [0.1, 0.15) is 44.9 Å². The van der Waals surface area contributed by atoms with Gasteiger partial charge in [-0.2, -0.15) is 0 Å². The zero-order valence-electron chi connectivity index (χ0n) is 14.8. The van der Waals surface area contributed by atoms with Crippen LogP contribution in [-0.2, 0) is 4.79 Å². The predicted octanol–water partition coefficient (Wildman–Crippen LogP) is 2.61. The predicted molar refractivity (Wildman–Crippen MR) is 96.0 cm³/mol. The highest BCUT2D eigenvalue weighted by molar-refractivity contribution is 5.79. The van der Waals surface area contributed by atoms with Gasteiger partial charge < -0.3 is 15.4 Å². The van der Waals surface area contributed by atoms with Gasteiger partial charge in [0.15, 0.2) is 0 Å². The summed E-state index contributed by atoms with van der Waals surface area (Å²) in [4.78, 5) is 19.3. The molecule has 1 aromatic heterocycles. The number of nitrogens with zero attached hydrogens (tertiary/aromatic N) is 2. The maximum absolute atomic E-state index is 13.0. The van der Waals surface area contributed by atoms with Crippen LogP contribution < -0.4 is 10.5 Å². The fourth-order valence-electron chi connectivity index (χ4n) is 5.03. The molecule has 2 heterocycles. The molecule has 1 amide bonds. The number of likely N-dealkylation sites (tertiary alicyclic amines) is 1. The van der Waals surface area contributed by atoms with E-state index < -0.39 is 0 Å². The molecule has 5 nitrogen and oxygen atoms in total. The first-order valence-electron chi connectivity index (χ1n) is 9.83. The standard InChI is InChI=1S/C20H29N3O2/c21-19-14-4-3-5-15(19)13-16(12-14)20(24)23-10-7-17(8-11-23)25-18-6-1-2-9-22-18/h1-2,6,9,14-17,19H,3-5,7-8,10-13,21H2. The summed E-state index contributed by atoms with van der Waals surface area (Å²) in [5, 5.41) is 0. The number of pyridine rings is 1. The second kappa shape index (κ2) is 7.32. The Hall–Kier alpha value is -1.62. The molecule has 2 N–H and O–H groups in total. The largest absolute Gasteiger partial charge is 0.474 e. The number of aromatic nitrogens is 1. The molecule has 2 saturated carbocycles. The first-order chi connectivity index (χ1) is 12.2. The average Bonchev–Trinajstić information content (AvgIpc) is 2.62. The maximum Gasteiger partial charge on any atom is 0.225 e. The van der Waals surface area contributed by atoms with Gasteiger partial charge in [0.05, 0.1) is 0 Å². The molecule has 1 saturated heterocycles. The zero-order chi connectivity index (χ0) is 17.2. The van der Waals surface area contributed by atoms with Crippen LogP contribution in [0.3, 0.4) is 0 Å². The van der Waals surface area contributed by atoms with Crippen LogP contribution >= 0.6 is 0 Å². The van der Waals surface area contributed by atoms with Gasteiger partial charge in [-0.15, -0.1) is 0 Å². The summed E-state index contributed by atoms with van der Waals surface area (Å²) in [6.45, 7) is 1.60. The van der Waals surface area contributed by atoms with Crippen LogP contribution in [-0.4, -0.2) is 41.0 Å². The van der Waals surface area contributed by atoms with E-state index in [1.54, 1.807) is 6.20 Å². The van der Waals surface area contributed by atoms with E-state index >= 15 is 0 Å². The van der Waals surface area contributed by atoms with E-state index in [9.17, 15) is 4.79 Å². The van der Waals surface area contributed by atoms with Crippen LogP contribution in [0.4, 0.5) is 0 Å². The fraction of sp³-hybridized carbons (Fsp3) is 0.700. The molecule has 1 aliphatic heterocycles. The molecule has 136 valence electrons. The Bertz CT molecular complexity index is 572. The third-order valence-electron chi connectivity index (χ3n) is 6.44. The van der Waals surface area contributed by atoms with Crippen molar-refractivity contribution in [2.45, 2.75) is 57.1 Å². The van der Waals surface area contributed by atoms with Gasteiger partial charge in [-0.05, 0) is 43.6 Å². The van der Waals surface area contributed by atoms with Crippen molar-refractivity contribution in [1.82, 2.24) is 9.88 Å². The van der Waals surface area contributed by atoms with Crippen molar-refractivity contribution in [3.8, 4) is 5.88 Å². The quantitative estimate of drug-likeness (QED) is 0.916. The molecule has 2 unspecified atom stereocenters. The Kier molecular flexibility index (Phi) is 4.93. The number of hydrogen-bond donors (Lipinski definition) is 1. The van der Waals surface area contributed by atoms with Crippen LogP contribution in [0.2, 0.25) is 0 Å². The van der Waals surface area contributed by atoms with Crippen molar-refractivity contribution in [2.75, 3.05) is 13.1 Å². The molecular weight excluding hydrogens is 314 g/mol. The summed E-state index contributed by atoms with van der Waals surface area (Å²) in [5.41, 5.74) is 6.37.